The smallest absolute Gasteiger partial charge is 0.142 e. The van der Waals surface area contributed by atoms with Crippen molar-refractivity contribution in [2.24, 2.45) is 11.3 Å². The van der Waals surface area contributed by atoms with Gasteiger partial charge in [0.2, 0.25) is 0 Å². The minimum atomic E-state index is 0.262. The van der Waals surface area contributed by atoms with Crippen molar-refractivity contribution < 1.29 is 4.74 Å². The quantitative estimate of drug-likeness (QED) is 0.816. The maximum atomic E-state index is 5.41. The van der Waals surface area contributed by atoms with E-state index in [1.54, 1.807) is 7.11 Å². The molecule has 3 heteroatoms. The Morgan fingerprint density at radius 2 is 1.89 bits per heavy atom. The van der Waals surface area contributed by atoms with Crippen LogP contribution in [0, 0.1) is 11.3 Å². The molecule has 0 bridgehead atoms. The van der Waals surface area contributed by atoms with Gasteiger partial charge >= 0.3 is 0 Å². The molecule has 1 aromatic carbocycles. The third-order valence-corrected chi connectivity index (χ3v) is 3.88. The topological polar surface area (TPSA) is 12.5 Å². The first-order valence-electron chi connectivity index (χ1n) is 6.35. The molecule has 1 atom stereocenters. The van der Waals surface area contributed by atoms with Crippen LogP contribution in [0.1, 0.15) is 20.8 Å². The summed E-state index contributed by atoms with van der Waals surface area (Å²) in [6, 6.07) is 8.13. The van der Waals surface area contributed by atoms with Crippen LogP contribution in [0.25, 0.3) is 0 Å². The van der Waals surface area contributed by atoms with Gasteiger partial charge in [-0.3, -0.25) is 0 Å². The van der Waals surface area contributed by atoms with Crippen LogP contribution in [0.4, 0.5) is 5.69 Å². The largest absolute Gasteiger partial charge is 0.495 e. The van der Waals surface area contributed by atoms with Gasteiger partial charge in [0.05, 0.1) is 12.8 Å². The highest BCUT2D eigenvalue weighted by atomic mass is 32.1. The zero-order valence-electron chi connectivity index (χ0n) is 12.1. The summed E-state index contributed by atoms with van der Waals surface area (Å²) in [5, 5.41) is 0. The summed E-state index contributed by atoms with van der Waals surface area (Å²) in [4.78, 5) is 2.25. The molecule has 0 radical (unpaired) electrons. The summed E-state index contributed by atoms with van der Waals surface area (Å²) in [5.41, 5.74) is 1.40. The van der Waals surface area contributed by atoms with E-state index >= 15 is 0 Å². The molecule has 0 aliphatic rings. The fourth-order valence-corrected chi connectivity index (χ4v) is 2.64. The second kappa shape index (κ2) is 6.37. The van der Waals surface area contributed by atoms with Crippen LogP contribution in [-0.4, -0.2) is 26.5 Å². The number of methoxy groups -OCH3 is 1. The van der Waals surface area contributed by atoms with Crippen molar-refractivity contribution in [3.8, 4) is 5.75 Å². The lowest BCUT2D eigenvalue weighted by molar-refractivity contribution is 0.271. The average molecular weight is 267 g/mol. The predicted octanol–water partition coefficient (Wildman–Crippen LogP) is 3.72. The maximum absolute atomic E-state index is 5.41. The summed E-state index contributed by atoms with van der Waals surface area (Å²) in [6.45, 7) is 7.78. The highest BCUT2D eigenvalue weighted by Crippen LogP contribution is 2.32. The summed E-state index contributed by atoms with van der Waals surface area (Å²) in [5.74, 6) is 2.35. The average Bonchev–Trinajstić information content (AvgIpc) is 2.34. The van der Waals surface area contributed by atoms with E-state index in [-0.39, 0.29) is 5.41 Å². The molecule has 0 saturated carbocycles. The Morgan fingerprint density at radius 1 is 1.28 bits per heavy atom. The molecule has 102 valence electrons. The summed E-state index contributed by atoms with van der Waals surface area (Å²) in [7, 11) is 3.83. The third kappa shape index (κ3) is 3.84. The van der Waals surface area contributed by atoms with E-state index in [9.17, 15) is 0 Å². The standard InChI is InChI=1S/C15H25NOS/c1-15(2,3)12(11-18)10-16(4)13-8-6-7-9-14(13)17-5/h6-9,12,18H,10-11H2,1-5H3. The lowest BCUT2D eigenvalue weighted by Gasteiger charge is -2.34. The fourth-order valence-electron chi connectivity index (χ4n) is 1.98. The minimum absolute atomic E-state index is 0.262. The number of para-hydroxylation sites is 2. The molecule has 1 rings (SSSR count). The molecule has 0 aliphatic heterocycles. The number of nitrogens with zero attached hydrogens (tertiary/aromatic N) is 1. The van der Waals surface area contributed by atoms with Crippen molar-refractivity contribution >= 4 is 18.3 Å². The van der Waals surface area contributed by atoms with E-state index in [0.29, 0.717) is 5.92 Å². The first kappa shape index (κ1) is 15.2. The van der Waals surface area contributed by atoms with Gasteiger partial charge in [-0.2, -0.15) is 12.6 Å². The lowest BCUT2D eigenvalue weighted by Crippen LogP contribution is -2.34. The van der Waals surface area contributed by atoms with Gasteiger partial charge in [-0.05, 0) is 29.2 Å². The van der Waals surface area contributed by atoms with Gasteiger partial charge in [0.25, 0.3) is 0 Å². The van der Waals surface area contributed by atoms with Crippen LogP contribution in [0.3, 0.4) is 0 Å². The first-order valence-corrected chi connectivity index (χ1v) is 6.98. The molecule has 0 fully saturated rings. The van der Waals surface area contributed by atoms with Gasteiger partial charge < -0.3 is 9.64 Å². The number of ether oxygens (including phenoxy) is 1. The molecular formula is C15H25NOS. The highest BCUT2D eigenvalue weighted by Gasteiger charge is 2.25. The zero-order chi connectivity index (χ0) is 13.8. The SMILES string of the molecule is COc1ccccc1N(C)CC(CS)C(C)(C)C. The number of hydrogen-bond acceptors (Lipinski definition) is 3. The molecule has 0 N–H and O–H groups in total. The normalized spacial score (nSPS) is 13.2. The Balaban J connectivity index is 2.84. The van der Waals surface area contributed by atoms with Crippen molar-refractivity contribution in [3.05, 3.63) is 24.3 Å². The van der Waals surface area contributed by atoms with Gasteiger partial charge in [-0.1, -0.05) is 32.9 Å². The Bertz CT molecular complexity index is 373. The van der Waals surface area contributed by atoms with Crippen LogP contribution in [-0.2, 0) is 0 Å². The zero-order valence-corrected chi connectivity index (χ0v) is 13.0. The van der Waals surface area contributed by atoms with Crippen LogP contribution in [0.2, 0.25) is 0 Å². The van der Waals surface area contributed by atoms with E-state index in [0.717, 1.165) is 23.7 Å². The number of benzene rings is 1. The molecule has 0 heterocycles. The molecule has 18 heavy (non-hydrogen) atoms. The molecule has 2 nitrogen and oxygen atoms in total. The van der Waals surface area contributed by atoms with Gasteiger partial charge in [0.1, 0.15) is 5.75 Å². The third-order valence-electron chi connectivity index (χ3n) is 3.44. The second-order valence-electron chi connectivity index (χ2n) is 5.80. The van der Waals surface area contributed by atoms with E-state index in [1.165, 1.54) is 0 Å². The number of hydrogen-bond donors (Lipinski definition) is 1. The summed E-state index contributed by atoms with van der Waals surface area (Å²) >= 11 is 4.49. The van der Waals surface area contributed by atoms with E-state index < -0.39 is 0 Å². The van der Waals surface area contributed by atoms with Gasteiger partial charge in [0, 0.05) is 13.6 Å². The van der Waals surface area contributed by atoms with Crippen LogP contribution >= 0.6 is 12.6 Å². The molecule has 0 spiro atoms. The summed E-state index contributed by atoms with van der Waals surface area (Å²) in [6.07, 6.45) is 0. The number of thiol groups is 1. The molecule has 0 amide bonds. The van der Waals surface area contributed by atoms with E-state index in [4.69, 9.17) is 4.74 Å². The molecule has 0 aliphatic carbocycles. The Labute approximate surface area is 117 Å². The lowest BCUT2D eigenvalue weighted by atomic mass is 9.81. The maximum Gasteiger partial charge on any atom is 0.142 e. The van der Waals surface area contributed by atoms with Gasteiger partial charge in [-0.15, -0.1) is 0 Å². The fraction of sp³-hybridized carbons (Fsp3) is 0.600. The van der Waals surface area contributed by atoms with Crippen LogP contribution < -0.4 is 9.64 Å². The second-order valence-corrected chi connectivity index (χ2v) is 6.16. The van der Waals surface area contributed by atoms with Crippen molar-refractivity contribution in [2.45, 2.75) is 20.8 Å². The molecule has 0 aromatic heterocycles. The molecule has 1 aromatic rings. The van der Waals surface area contributed by atoms with E-state index in [2.05, 4.69) is 51.4 Å². The van der Waals surface area contributed by atoms with Crippen molar-refractivity contribution in [3.63, 3.8) is 0 Å². The van der Waals surface area contributed by atoms with Crippen molar-refractivity contribution in [1.82, 2.24) is 0 Å². The van der Waals surface area contributed by atoms with Gasteiger partial charge in [-0.25, -0.2) is 0 Å². The Kier molecular flexibility index (Phi) is 5.39. The minimum Gasteiger partial charge on any atom is -0.495 e. The Hall–Kier alpha value is -0.830. The highest BCUT2D eigenvalue weighted by molar-refractivity contribution is 7.80. The molecule has 0 saturated heterocycles. The number of rotatable bonds is 5. The first-order chi connectivity index (χ1) is 8.40. The molecular weight excluding hydrogens is 242 g/mol. The van der Waals surface area contributed by atoms with Crippen LogP contribution in [0.5, 0.6) is 5.75 Å². The number of anilines is 1. The van der Waals surface area contributed by atoms with E-state index in [1.807, 2.05) is 18.2 Å². The summed E-state index contributed by atoms with van der Waals surface area (Å²) < 4.78 is 5.41. The Morgan fingerprint density at radius 3 is 2.39 bits per heavy atom. The van der Waals surface area contributed by atoms with Crippen molar-refractivity contribution in [2.75, 3.05) is 31.4 Å². The van der Waals surface area contributed by atoms with Crippen LogP contribution in [0.15, 0.2) is 24.3 Å². The van der Waals surface area contributed by atoms with Crippen molar-refractivity contribution in [1.29, 1.82) is 0 Å². The molecule has 1 unspecified atom stereocenters. The monoisotopic (exact) mass is 267 g/mol. The van der Waals surface area contributed by atoms with Gasteiger partial charge in [0.15, 0.2) is 0 Å². The predicted molar refractivity (Wildman–Crippen MR) is 83.1 cm³/mol.